The van der Waals surface area contributed by atoms with Crippen LogP contribution in [0, 0.1) is 5.92 Å². The molecule has 0 radical (unpaired) electrons. The summed E-state index contributed by atoms with van der Waals surface area (Å²) in [6.07, 6.45) is 5.27. The molecule has 1 N–H and O–H groups in total. The van der Waals surface area contributed by atoms with Crippen molar-refractivity contribution < 1.29 is 9.47 Å². The largest absolute Gasteiger partial charge is 0.496 e. The van der Waals surface area contributed by atoms with Gasteiger partial charge in [-0.1, -0.05) is 18.2 Å². The molecule has 0 amide bonds. The van der Waals surface area contributed by atoms with Gasteiger partial charge in [0, 0.05) is 30.7 Å². The van der Waals surface area contributed by atoms with E-state index in [9.17, 15) is 0 Å². The van der Waals surface area contributed by atoms with Crippen LogP contribution in [-0.2, 0) is 4.74 Å². The van der Waals surface area contributed by atoms with Crippen molar-refractivity contribution in [1.29, 1.82) is 0 Å². The highest BCUT2D eigenvalue weighted by molar-refractivity contribution is 5.35. The van der Waals surface area contributed by atoms with Crippen LogP contribution in [0.2, 0.25) is 0 Å². The van der Waals surface area contributed by atoms with Crippen molar-refractivity contribution in [3.8, 4) is 5.75 Å². The zero-order valence-corrected chi connectivity index (χ0v) is 11.6. The molecule has 3 nitrogen and oxygen atoms in total. The van der Waals surface area contributed by atoms with Crippen LogP contribution in [0.25, 0.3) is 0 Å². The summed E-state index contributed by atoms with van der Waals surface area (Å²) in [4.78, 5) is 0. The number of benzene rings is 1. The van der Waals surface area contributed by atoms with E-state index in [-0.39, 0.29) is 6.10 Å². The zero-order valence-electron chi connectivity index (χ0n) is 11.6. The molecular formula is C16H23NO2. The van der Waals surface area contributed by atoms with Crippen LogP contribution in [0.4, 0.5) is 0 Å². The Morgan fingerprint density at radius 2 is 2.11 bits per heavy atom. The van der Waals surface area contributed by atoms with Crippen molar-refractivity contribution in [3.05, 3.63) is 29.8 Å². The molecule has 0 aromatic heterocycles. The molecule has 1 aliphatic heterocycles. The van der Waals surface area contributed by atoms with E-state index in [2.05, 4.69) is 17.4 Å². The summed E-state index contributed by atoms with van der Waals surface area (Å²) in [6.45, 7) is 1.93. The summed E-state index contributed by atoms with van der Waals surface area (Å²) in [5, 5.41) is 3.64. The third kappa shape index (κ3) is 3.10. The first-order valence-corrected chi connectivity index (χ1v) is 7.36. The number of para-hydroxylation sites is 1. The molecule has 2 aliphatic rings. The fraction of sp³-hybridized carbons (Fsp3) is 0.625. The van der Waals surface area contributed by atoms with Gasteiger partial charge in [-0.3, -0.25) is 0 Å². The highest BCUT2D eigenvalue weighted by Gasteiger charge is 2.31. The molecule has 1 aliphatic carbocycles. The summed E-state index contributed by atoms with van der Waals surface area (Å²) in [7, 11) is 1.74. The molecule has 2 fully saturated rings. The Morgan fingerprint density at radius 3 is 2.89 bits per heavy atom. The second-order valence-electron chi connectivity index (χ2n) is 5.62. The molecule has 3 heteroatoms. The molecule has 2 unspecified atom stereocenters. The summed E-state index contributed by atoms with van der Waals surface area (Å²) in [5.41, 5.74) is 1.20. The first-order chi connectivity index (χ1) is 9.38. The van der Waals surface area contributed by atoms with Gasteiger partial charge in [-0.15, -0.1) is 0 Å². The van der Waals surface area contributed by atoms with E-state index in [1.54, 1.807) is 7.11 Å². The first-order valence-electron chi connectivity index (χ1n) is 7.36. The molecule has 1 aromatic rings. The van der Waals surface area contributed by atoms with E-state index >= 15 is 0 Å². The van der Waals surface area contributed by atoms with E-state index in [0.717, 1.165) is 24.9 Å². The van der Waals surface area contributed by atoms with Gasteiger partial charge < -0.3 is 14.8 Å². The fourth-order valence-electron chi connectivity index (χ4n) is 2.90. The van der Waals surface area contributed by atoms with E-state index < -0.39 is 0 Å². The molecule has 0 spiro atoms. The molecule has 2 atom stereocenters. The minimum atomic E-state index is 0.177. The lowest BCUT2D eigenvalue weighted by Crippen LogP contribution is -2.33. The molecule has 1 saturated heterocycles. The monoisotopic (exact) mass is 261 g/mol. The van der Waals surface area contributed by atoms with Crippen LogP contribution >= 0.6 is 0 Å². The Bertz CT molecular complexity index is 417. The molecule has 1 aromatic carbocycles. The highest BCUT2D eigenvalue weighted by atomic mass is 16.5. The van der Waals surface area contributed by atoms with Crippen molar-refractivity contribution in [2.24, 2.45) is 5.92 Å². The van der Waals surface area contributed by atoms with Gasteiger partial charge in [0.2, 0.25) is 0 Å². The zero-order chi connectivity index (χ0) is 13.1. The molecule has 19 heavy (non-hydrogen) atoms. The standard InChI is InChI=1S/C16H23NO2/c1-18-15-7-3-2-6-14(15)16-12(5-4-10-19-16)11-17-13-8-9-13/h2-3,6-7,12-13,16-17H,4-5,8-11H2,1H3. The Kier molecular flexibility index (Phi) is 4.04. The first kappa shape index (κ1) is 12.9. The van der Waals surface area contributed by atoms with Gasteiger partial charge in [-0.2, -0.15) is 0 Å². The van der Waals surface area contributed by atoms with Crippen molar-refractivity contribution >= 4 is 0 Å². The lowest BCUT2D eigenvalue weighted by atomic mass is 9.89. The normalized spacial score (nSPS) is 27.2. The Morgan fingerprint density at radius 1 is 1.26 bits per heavy atom. The van der Waals surface area contributed by atoms with Gasteiger partial charge in [0.15, 0.2) is 0 Å². The topological polar surface area (TPSA) is 30.5 Å². The van der Waals surface area contributed by atoms with Gasteiger partial charge in [0.05, 0.1) is 13.2 Å². The lowest BCUT2D eigenvalue weighted by Gasteiger charge is -2.33. The quantitative estimate of drug-likeness (QED) is 0.884. The van der Waals surface area contributed by atoms with Crippen molar-refractivity contribution in [3.63, 3.8) is 0 Å². The second-order valence-corrected chi connectivity index (χ2v) is 5.62. The van der Waals surface area contributed by atoms with Crippen molar-refractivity contribution in [1.82, 2.24) is 5.32 Å². The number of hydrogen-bond acceptors (Lipinski definition) is 3. The number of hydrogen-bond donors (Lipinski definition) is 1. The maximum Gasteiger partial charge on any atom is 0.124 e. The summed E-state index contributed by atoms with van der Waals surface area (Å²) in [6, 6.07) is 9.02. The predicted molar refractivity (Wildman–Crippen MR) is 75.4 cm³/mol. The van der Waals surface area contributed by atoms with E-state index in [1.165, 1.54) is 31.2 Å². The molecule has 1 heterocycles. The van der Waals surface area contributed by atoms with Crippen LogP contribution in [-0.4, -0.2) is 26.3 Å². The molecular weight excluding hydrogens is 238 g/mol. The third-order valence-electron chi connectivity index (χ3n) is 4.14. The van der Waals surface area contributed by atoms with Crippen molar-refractivity contribution in [2.75, 3.05) is 20.3 Å². The SMILES string of the molecule is COc1ccccc1C1OCCCC1CNC1CC1. The maximum atomic E-state index is 6.05. The van der Waals surface area contributed by atoms with E-state index in [1.807, 2.05) is 12.1 Å². The van der Waals surface area contributed by atoms with Crippen LogP contribution in [0.5, 0.6) is 5.75 Å². The lowest BCUT2D eigenvalue weighted by molar-refractivity contribution is -0.0289. The maximum absolute atomic E-state index is 6.05. The Balaban J connectivity index is 1.74. The average Bonchev–Trinajstić information content (AvgIpc) is 3.29. The number of ether oxygens (including phenoxy) is 2. The Labute approximate surface area is 115 Å². The summed E-state index contributed by atoms with van der Waals surface area (Å²) < 4.78 is 11.5. The van der Waals surface area contributed by atoms with Crippen LogP contribution < -0.4 is 10.1 Å². The highest BCUT2D eigenvalue weighted by Crippen LogP contribution is 2.38. The minimum Gasteiger partial charge on any atom is -0.496 e. The van der Waals surface area contributed by atoms with Crippen molar-refractivity contribution in [2.45, 2.75) is 37.8 Å². The third-order valence-corrected chi connectivity index (χ3v) is 4.14. The average molecular weight is 261 g/mol. The van der Waals surface area contributed by atoms with Crippen LogP contribution in [0.1, 0.15) is 37.4 Å². The smallest absolute Gasteiger partial charge is 0.124 e. The second kappa shape index (κ2) is 5.93. The van der Waals surface area contributed by atoms with Gasteiger partial charge in [0.1, 0.15) is 5.75 Å². The molecule has 104 valence electrons. The molecule has 3 rings (SSSR count). The minimum absolute atomic E-state index is 0.177. The van der Waals surface area contributed by atoms with E-state index in [4.69, 9.17) is 9.47 Å². The van der Waals surface area contributed by atoms with Gasteiger partial charge in [-0.25, -0.2) is 0 Å². The number of nitrogens with one attached hydrogen (secondary N) is 1. The van der Waals surface area contributed by atoms with E-state index in [0.29, 0.717) is 5.92 Å². The van der Waals surface area contributed by atoms with Gasteiger partial charge >= 0.3 is 0 Å². The number of methoxy groups -OCH3 is 1. The summed E-state index contributed by atoms with van der Waals surface area (Å²) in [5.74, 6) is 1.51. The molecule has 1 saturated carbocycles. The number of rotatable bonds is 5. The summed E-state index contributed by atoms with van der Waals surface area (Å²) >= 11 is 0. The fourth-order valence-corrected chi connectivity index (χ4v) is 2.90. The van der Waals surface area contributed by atoms with Gasteiger partial charge in [0.25, 0.3) is 0 Å². The Hall–Kier alpha value is -1.06. The van der Waals surface area contributed by atoms with Crippen LogP contribution in [0.15, 0.2) is 24.3 Å². The predicted octanol–water partition coefficient (Wildman–Crippen LogP) is 2.91. The molecule has 0 bridgehead atoms. The van der Waals surface area contributed by atoms with Crippen LogP contribution in [0.3, 0.4) is 0 Å². The van der Waals surface area contributed by atoms with Gasteiger partial charge in [-0.05, 0) is 31.7 Å².